The van der Waals surface area contributed by atoms with Crippen LogP contribution < -0.4 is 14.8 Å². The fourth-order valence-electron chi connectivity index (χ4n) is 2.39. The molecule has 1 aromatic carbocycles. The number of urea groups is 1. The molecule has 1 atom stereocenters. The molecule has 6 heteroatoms. The first-order chi connectivity index (χ1) is 9.69. The number of aliphatic hydroxyl groups is 1. The molecule has 0 saturated carbocycles. The van der Waals surface area contributed by atoms with Gasteiger partial charge < -0.3 is 24.8 Å². The van der Waals surface area contributed by atoms with Gasteiger partial charge in [0.05, 0.1) is 32.6 Å². The summed E-state index contributed by atoms with van der Waals surface area (Å²) in [4.78, 5) is 13.9. The number of ether oxygens (including phenoxy) is 2. The minimum absolute atomic E-state index is 0.0112. The van der Waals surface area contributed by atoms with Crippen LogP contribution in [0.1, 0.15) is 12.8 Å². The van der Waals surface area contributed by atoms with Crippen LogP contribution in [0, 0.1) is 0 Å². The molecule has 2 amide bonds. The molecule has 0 aromatic heterocycles. The minimum Gasteiger partial charge on any atom is -0.497 e. The lowest BCUT2D eigenvalue weighted by atomic mass is 10.2. The number of amides is 2. The summed E-state index contributed by atoms with van der Waals surface area (Å²) in [6.07, 6.45) is 1.74. The largest absolute Gasteiger partial charge is 0.497 e. The van der Waals surface area contributed by atoms with E-state index in [9.17, 15) is 9.90 Å². The highest BCUT2D eigenvalue weighted by atomic mass is 16.5. The predicted molar refractivity (Wildman–Crippen MR) is 75.4 cm³/mol. The van der Waals surface area contributed by atoms with Crippen molar-refractivity contribution in [3.8, 4) is 11.5 Å². The molecule has 20 heavy (non-hydrogen) atoms. The molecular weight excluding hydrogens is 260 g/mol. The van der Waals surface area contributed by atoms with Crippen molar-refractivity contribution in [3.63, 3.8) is 0 Å². The Kier molecular flexibility index (Phi) is 4.68. The molecule has 1 saturated heterocycles. The molecule has 0 aliphatic carbocycles. The molecule has 6 nitrogen and oxygen atoms in total. The van der Waals surface area contributed by atoms with Crippen LogP contribution in [0.25, 0.3) is 0 Å². The second-order valence-electron chi connectivity index (χ2n) is 4.67. The highest BCUT2D eigenvalue weighted by Gasteiger charge is 2.28. The number of carbonyl (C=O) groups is 1. The smallest absolute Gasteiger partial charge is 0.322 e. The van der Waals surface area contributed by atoms with E-state index in [1.165, 1.54) is 0 Å². The molecule has 2 rings (SSSR count). The third-order valence-electron chi connectivity index (χ3n) is 3.50. The average Bonchev–Trinajstić information content (AvgIpc) is 2.95. The van der Waals surface area contributed by atoms with Gasteiger partial charge in [-0.2, -0.15) is 0 Å². The Morgan fingerprint density at radius 3 is 2.90 bits per heavy atom. The van der Waals surface area contributed by atoms with Crippen LogP contribution in [0.5, 0.6) is 11.5 Å². The molecule has 110 valence electrons. The van der Waals surface area contributed by atoms with Crippen molar-refractivity contribution in [2.45, 2.75) is 18.9 Å². The quantitative estimate of drug-likeness (QED) is 0.880. The molecular formula is C14H20N2O4. The maximum atomic E-state index is 12.3. The molecule has 2 N–H and O–H groups in total. The van der Waals surface area contributed by atoms with Gasteiger partial charge in [-0.3, -0.25) is 0 Å². The van der Waals surface area contributed by atoms with Gasteiger partial charge in [-0.25, -0.2) is 4.79 Å². The fraction of sp³-hybridized carbons (Fsp3) is 0.500. The molecule has 1 aliphatic heterocycles. The molecule has 1 aromatic rings. The zero-order chi connectivity index (χ0) is 14.5. The molecule has 0 radical (unpaired) electrons. The summed E-state index contributed by atoms with van der Waals surface area (Å²) in [6, 6.07) is 4.88. The Morgan fingerprint density at radius 1 is 1.45 bits per heavy atom. The summed E-state index contributed by atoms with van der Waals surface area (Å²) in [7, 11) is 3.11. The van der Waals surface area contributed by atoms with Crippen LogP contribution in [0.2, 0.25) is 0 Å². The maximum Gasteiger partial charge on any atom is 0.322 e. The van der Waals surface area contributed by atoms with Gasteiger partial charge in [0.1, 0.15) is 11.5 Å². The monoisotopic (exact) mass is 280 g/mol. The number of likely N-dealkylation sites (tertiary alicyclic amines) is 1. The van der Waals surface area contributed by atoms with Gasteiger partial charge in [0.25, 0.3) is 0 Å². The first-order valence-electron chi connectivity index (χ1n) is 6.60. The topological polar surface area (TPSA) is 71.0 Å². The molecule has 1 fully saturated rings. The Labute approximate surface area is 118 Å². The normalized spacial score (nSPS) is 17.9. The number of benzene rings is 1. The van der Waals surface area contributed by atoms with Crippen molar-refractivity contribution in [3.05, 3.63) is 18.2 Å². The van der Waals surface area contributed by atoms with E-state index >= 15 is 0 Å². The van der Waals surface area contributed by atoms with Crippen LogP contribution in [-0.4, -0.2) is 49.5 Å². The van der Waals surface area contributed by atoms with Gasteiger partial charge in [-0.05, 0) is 25.0 Å². The number of hydrogen-bond donors (Lipinski definition) is 2. The molecule has 1 heterocycles. The number of methoxy groups -OCH3 is 2. The van der Waals surface area contributed by atoms with Crippen molar-refractivity contribution in [2.75, 3.05) is 32.7 Å². The molecule has 0 unspecified atom stereocenters. The van der Waals surface area contributed by atoms with Gasteiger partial charge in [-0.1, -0.05) is 0 Å². The van der Waals surface area contributed by atoms with Crippen molar-refractivity contribution < 1.29 is 19.4 Å². The SMILES string of the molecule is COc1ccc(OC)c(NC(=O)N2CCC[C@@H]2CO)c1. The number of anilines is 1. The van der Waals surface area contributed by atoms with E-state index in [4.69, 9.17) is 9.47 Å². The van der Waals surface area contributed by atoms with Crippen LogP contribution >= 0.6 is 0 Å². The minimum atomic E-state index is -0.229. The van der Waals surface area contributed by atoms with Crippen molar-refractivity contribution in [1.29, 1.82) is 0 Å². The second-order valence-corrected chi connectivity index (χ2v) is 4.67. The maximum absolute atomic E-state index is 12.3. The van der Waals surface area contributed by atoms with Crippen LogP contribution in [0.15, 0.2) is 18.2 Å². The summed E-state index contributed by atoms with van der Waals surface area (Å²) in [5.41, 5.74) is 0.556. The van der Waals surface area contributed by atoms with Crippen molar-refractivity contribution in [1.82, 2.24) is 4.90 Å². The zero-order valence-electron chi connectivity index (χ0n) is 11.8. The van der Waals surface area contributed by atoms with Crippen LogP contribution in [0.3, 0.4) is 0 Å². The molecule has 1 aliphatic rings. The Bertz CT molecular complexity index is 478. The lowest BCUT2D eigenvalue weighted by Crippen LogP contribution is -2.40. The number of aliphatic hydroxyl groups excluding tert-OH is 1. The summed E-state index contributed by atoms with van der Waals surface area (Å²) < 4.78 is 10.4. The fourth-order valence-corrected chi connectivity index (χ4v) is 2.39. The van der Waals surface area contributed by atoms with Gasteiger partial charge in [0, 0.05) is 12.6 Å². The van der Waals surface area contributed by atoms with Gasteiger partial charge >= 0.3 is 6.03 Å². The predicted octanol–water partition coefficient (Wildman–Crippen LogP) is 1.69. The number of nitrogens with zero attached hydrogens (tertiary/aromatic N) is 1. The Hall–Kier alpha value is -1.95. The molecule has 0 spiro atoms. The van der Waals surface area contributed by atoms with Gasteiger partial charge in [-0.15, -0.1) is 0 Å². The lowest BCUT2D eigenvalue weighted by Gasteiger charge is -2.24. The number of nitrogens with one attached hydrogen (secondary N) is 1. The summed E-state index contributed by atoms with van der Waals surface area (Å²) in [6.45, 7) is 0.645. The highest BCUT2D eigenvalue weighted by Crippen LogP contribution is 2.29. The summed E-state index contributed by atoms with van der Waals surface area (Å²) >= 11 is 0. The zero-order valence-corrected chi connectivity index (χ0v) is 11.8. The van der Waals surface area contributed by atoms with Gasteiger partial charge in [0.15, 0.2) is 0 Å². The number of hydrogen-bond acceptors (Lipinski definition) is 4. The Balaban J connectivity index is 2.14. The van der Waals surface area contributed by atoms with Crippen LogP contribution in [0.4, 0.5) is 10.5 Å². The van der Waals surface area contributed by atoms with Crippen molar-refractivity contribution >= 4 is 11.7 Å². The standard InChI is InChI=1S/C14H20N2O4/c1-19-11-5-6-13(20-2)12(8-11)15-14(18)16-7-3-4-10(16)9-17/h5-6,8,10,17H,3-4,7,9H2,1-2H3,(H,15,18)/t10-/m1/s1. The third-order valence-corrected chi connectivity index (χ3v) is 3.50. The Morgan fingerprint density at radius 2 is 2.25 bits per heavy atom. The summed E-state index contributed by atoms with van der Waals surface area (Å²) in [5, 5.41) is 12.1. The van der Waals surface area contributed by atoms with Gasteiger partial charge in [0.2, 0.25) is 0 Å². The number of rotatable bonds is 4. The number of carbonyl (C=O) groups excluding carboxylic acids is 1. The highest BCUT2D eigenvalue weighted by molar-refractivity contribution is 5.91. The first-order valence-corrected chi connectivity index (χ1v) is 6.60. The van der Waals surface area contributed by atoms with E-state index in [1.807, 2.05) is 0 Å². The third kappa shape index (κ3) is 2.96. The first kappa shape index (κ1) is 14.5. The van der Waals surface area contributed by atoms with E-state index in [1.54, 1.807) is 37.3 Å². The van der Waals surface area contributed by atoms with E-state index in [-0.39, 0.29) is 18.7 Å². The van der Waals surface area contributed by atoms with E-state index < -0.39 is 0 Å². The second kappa shape index (κ2) is 6.47. The lowest BCUT2D eigenvalue weighted by molar-refractivity contribution is 0.166. The summed E-state index contributed by atoms with van der Waals surface area (Å²) in [5.74, 6) is 1.21. The van der Waals surface area contributed by atoms with E-state index in [0.717, 1.165) is 12.8 Å². The van der Waals surface area contributed by atoms with E-state index in [0.29, 0.717) is 23.7 Å². The molecule has 0 bridgehead atoms. The van der Waals surface area contributed by atoms with E-state index in [2.05, 4.69) is 5.32 Å². The van der Waals surface area contributed by atoms with Crippen molar-refractivity contribution in [2.24, 2.45) is 0 Å². The van der Waals surface area contributed by atoms with Crippen LogP contribution in [-0.2, 0) is 0 Å². The average molecular weight is 280 g/mol.